The molecule has 2 N–H and O–H groups in total. The molecule has 0 aliphatic carbocycles. The molecule has 0 unspecified atom stereocenters. The first kappa shape index (κ1) is 13.5. The Morgan fingerprint density at radius 1 is 1.05 bits per heavy atom. The van der Waals surface area contributed by atoms with Gasteiger partial charge in [0, 0.05) is 12.1 Å². The molecule has 0 amide bonds. The minimum atomic E-state index is 0.513. The molecule has 2 heteroatoms. The zero-order valence-electron chi connectivity index (χ0n) is 11.8. The molecule has 0 radical (unpaired) electrons. The average molecular weight is 255 g/mol. The highest BCUT2D eigenvalue weighted by molar-refractivity contribution is 5.44. The maximum atomic E-state index is 5.70. The van der Waals surface area contributed by atoms with Crippen LogP contribution in [0.25, 0.3) is 0 Å². The fourth-order valence-corrected chi connectivity index (χ4v) is 2.12. The second-order valence-electron chi connectivity index (χ2n) is 5.14. The fraction of sp³-hybridized carbons (Fsp3) is 0.294. The van der Waals surface area contributed by atoms with Crippen LogP contribution in [0.15, 0.2) is 42.5 Å². The van der Waals surface area contributed by atoms with Crippen molar-refractivity contribution < 1.29 is 4.74 Å². The third-order valence-corrected chi connectivity index (χ3v) is 3.35. The maximum Gasteiger partial charge on any atom is 0.122 e. The minimum Gasteiger partial charge on any atom is -0.496 e. The van der Waals surface area contributed by atoms with Gasteiger partial charge in [0.25, 0.3) is 0 Å². The molecule has 0 bridgehead atoms. The summed E-state index contributed by atoms with van der Waals surface area (Å²) in [5.74, 6) is 1.47. The molecule has 0 aliphatic rings. The zero-order valence-corrected chi connectivity index (χ0v) is 11.8. The molecule has 0 atom stereocenters. The van der Waals surface area contributed by atoms with Crippen LogP contribution in [0.4, 0.5) is 5.69 Å². The van der Waals surface area contributed by atoms with E-state index in [-0.39, 0.29) is 0 Å². The van der Waals surface area contributed by atoms with E-state index in [1.807, 2.05) is 12.1 Å². The first-order valence-electron chi connectivity index (χ1n) is 6.61. The van der Waals surface area contributed by atoms with Gasteiger partial charge < -0.3 is 10.5 Å². The molecule has 0 spiro atoms. The summed E-state index contributed by atoms with van der Waals surface area (Å²) in [6, 6.07) is 14.5. The Morgan fingerprint density at radius 3 is 2.32 bits per heavy atom. The van der Waals surface area contributed by atoms with Crippen LogP contribution in [0.2, 0.25) is 0 Å². The van der Waals surface area contributed by atoms with Crippen LogP contribution in [-0.4, -0.2) is 7.11 Å². The summed E-state index contributed by atoms with van der Waals surface area (Å²) in [5, 5.41) is 0. The summed E-state index contributed by atoms with van der Waals surface area (Å²) >= 11 is 0. The molecule has 0 saturated carbocycles. The van der Waals surface area contributed by atoms with E-state index in [1.54, 1.807) is 7.11 Å². The van der Waals surface area contributed by atoms with Gasteiger partial charge in [-0.1, -0.05) is 38.1 Å². The predicted molar refractivity (Wildman–Crippen MR) is 80.7 cm³/mol. The lowest BCUT2D eigenvalue weighted by Crippen LogP contribution is -1.97. The van der Waals surface area contributed by atoms with Gasteiger partial charge in [-0.2, -0.15) is 0 Å². The van der Waals surface area contributed by atoms with Crippen molar-refractivity contribution in [2.24, 2.45) is 0 Å². The van der Waals surface area contributed by atoms with Gasteiger partial charge in [0.2, 0.25) is 0 Å². The quantitative estimate of drug-likeness (QED) is 0.838. The number of rotatable bonds is 4. The van der Waals surface area contributed by atoms with Gasteiger partial charge in [-0.15, -0.1) is 0 Å². The molecular weight excluding hydrogens is 234 g/mol. The summed E-state index contributed by atoms with van der Waals surface area (Å²) < 4.78 is 5.51. The van der Waals surface area contributed by atoms with Crippen LogP contribution < -0.4 is 10.5 Å². The van der Waals surface area contributed by atoms with Gasteiger partial charge in [-0.3, -0.25) is 0 Å². The molecule has 2 nitrogen and oxygen atoms in total. The monoisotopic (exact) mass is 255 g/mol. The molecule has 2 rings (SSSR count). The molecular formula is C17H21NO. The highest BCUT2D eigenvalue weighted by Crippen LogP contribution is 2.26. The van der Waals surface area contributed by atoms with Gasteiger partial charge in [0.05, 0.1) is 7.11 Å². The van der Waals surface area contributed by atoms with Crippen molar-refractivity contribution in [3.8, 4) is 5.75 Å². The maximum absolute atomic E-state index is 5.70. The largest absolute Gasteiger partial charge is 0.496 e. The van der Waals surface area contributed by atoms with Crippen molar-refractivity contribution in [2.75, 3.05) is 12.8 Å². The molecule has 0 aromatic heterocycles. The number of nitrogens with two attached hydrogens (primary N) is 1. The molecule has 100 valence electrons. The summed E-state index contributed by atoms with van der Waals surface area (Å²) in [7, 11) is 1.73. The Labute approximate surface area is 115 Å². The van der Waals surface area contributed by atoms with Crippen LogP contribution in [-0.2, 0) is 6.42 Å². The molecule has 0 fully saturated rings. The number of benzene rings is 2. The Hall–Kier alpha value is -1.96. The van der Waals surface area contributed by atoms with Crippen molar-refractivity contribution >= 4 is 5.69 Å². The first-order valence-corrected chi connectivity index (χ1v) is 6.61. The van der Waals surface area contributed by atoms with E-state index in [4.69, 9.17) is 10.5 Å². The molecule has 0 heterocycles. The third-order valence-electron chi connectivity index (χ3n) is 3.35. The summed E-state index contributed by atoms with van der Waals surface area (Å²) in [6.07, 6.45) is 0.863. The van der Waals surface area contributed by atoms with E-state index in [0.717, 1.165) is 17.9 Å². The lowest BCUT2D eigenvalue weighted by atomic mass is 9.97. The van der Waals surface area contributed by atoms with Crippen molar-refractivity contribution in [3.63, 3.8) is 0 Å². The van der Waals surface area contributed by atoms with Gasteiger partial charge in [-0.05, 0) is 40.8 Å². The van der Waals surface area contributed by atoms with E-state index in [0.29, 0.717) is 5.92 Å². The summed E-state index contributed by atoms with van der Waals surface area (Å²) in [4.78, 5) is 0. The standard InChI is InChI=1S/C17H21NO/c1-12(2)14-6-7-15(17(11-14)19-3)10-13-4-8-16(18)9-5-13/h4-9,11-12H,10,18H2,1-3H3. The van der Waals surface area contributed by atoms with E-state index in [2.05, 4.69) is 44.2 Å². The Balaban J connectivity index is 2.27. The number of anilines is 1. The first-order chi connectivity index (χ1) is 9.10. The number of hydrogen-bond acceptors (Lipinski definition) is 2. The summed E-state index contributed by atoms with van der Waals surface area (Å²) in [6.45, 7) is 4.38. The minimum absolute atomic E-state index is 0.513. The third kappa shape index (κ3) is 3.28. The number of nitrogen functional groups attached to an aromatic ring is 1. The second kappa shape index (κ2) is 5.79. The number of hydrogen-bond donors (Lipinski definition) is 1. The van der Waals surface area contributed by atoms with Crippen LogP contribution in [0.5, 0.6) is 5.75 Å². The highest BCUT2D eigenvalue weighted by Gasteiger charge is 2.07. The smallest absolute Gasteiger partial charge is 0.122 e. The van der Waals surface area contributed by atoms with E-state index < -0.39 is 0 Å². The van der Waals surface area contributed by atoms with Crippen molar-refractivity contribution in [3.05, 3.63) is 59.2 Å². The summed E-state index contributed by atoms with van der Waals surface area (Å²) in [5.41, 5.74) is 10.3. The normalized spacial score (nSPS) is 10.7. The SMILES string of the molecule is COc1cc(C(C)C)ccc1Cc1ccc(N)cc1. The van der Waals surface area contributed by atoms with E-state index >= 15 is 0 Å². The average Bonchev–Trinajstić information content (AvgIpc) is 2.41. The molecule has 19 heavy (non-hydrogen) atoms. The van der Waals surface area contributed by atoms with Crippen molar-refractivity contribution in [1.29, 1.82) is 0 Å². The molecule has 2 aromatic rings. The van der Waals surface area contributed by atoms with Gasteiger partial charge >= 0.3 is 0 Å². The van der Waals surface area contributed by atoms with Gasteiger partial charge in [0.1, 0.15) is 5.75 Å². The van der Waals surface area contributed by atoms with Crippen LogP contribution >= 0.6 is 0 Å². The van der Waals surface area contributed by atoms with E-state index in [9.17, 15) is 0 Å². The topological polar surface area (TPSA) is 35.2 Å². The predicted octanol–water partition coefficient (Wildman–Crippen LogP) is 3.99. The Morgan fingerprint density at radius 2 is 1.74 bits per heavy atom. The van der Waals surface area contributed by atoms with Gasteiger partial charge in [0.15, 0.2) is 0 Å². The van der Waals surface area contributed by atoms with Crippen molar-refractivity contribution in [2.45, 2.75) is 26.2 Å². The second-order valence-corrected chi connectivity index (χ2v) is 5.14. The lowest BCUT2D eigenvalue weighted by molar-refractivity contribution is 0.409. The van der Waals surface area contributed by atoms with Gasteiger partial charge in [-0.25, -0.2) is 0 Å². The number of methoxy groups -OCH3 is 1. The zero-order chi connectivity index (χ0) is 13.8. The lowest BCUT2D eigenvalue weighted by Gasteiger charge is -2.13. The van der Waals surface area contributed by atoms with Crippen LogP contribution in [0.3, 0.4) is 0 Å². The molecule has 0 aliphatic heterocycles. The molecule has 2 aromatic carbocycles. The van der Waals surface area contributed by atoms with Crippen LogP contribution in [0.1, 0.15) is 36.5 Å². The highest BCUT2D eigenvalue weighted by atomic mass is 16.5. The molecule has 0 saturated heterocycles. The fourth-order valence-electron chi connectivity index (χ4n) is 2.12. The Kier molecular flexibility index (Phi) is 4.10. The van der Waals surface area contributed by atoms with Crippen molar-refractivity contribution in [1.82, 2.24) is 0 Å². The Bertz CT molecular complexity index is 544. The number of ether oxygens (including phenoxy) is 1. The van der Waals surface area contributed by atoms with Crippen LogP contribution in [0, 0.1) is 0 Å². The van der Waals surface area contributed by atoms with E-state index in [1.165, 1.54) is 16.7 Å².